The fourth-order valence-electron chi connectivity index (χ4n) is 5.23. The Morgan fingerprint density at radius 3 is 2.45 bits per heavy atom. The van der Waals surface area contributed by atoms with Crippen LogP contribution in [-0.2, 0) is 11.2 Å². The van der Waals surface area contributed by atoms with E-state index in [-0.39, 0.29) is 35.2 Å². The first-order chi connectivity index (χ1) is 19.9. The molecule has 2 fully saturated rings. The van der Waals surface area contributed by atoms with Crippen molar-refractivity contribution in [2.75, 3.05) is 6.54 Å². The molecule has 4 aromatic rings. The summed E-state index contributed by atoms with van der Waals surface area (Å²) in [6.45, 7) is 5.03. The number of fused-ring (bicyclic) bond motifs is 1. The van der Waals surface area contributed by atoms with Crippen LogP contribution in [0, 0.1) is 18.7 Å². The summed E-state index contributed by atoms with van der Waals surface area (Å²) in [4.78, 5) is 22.8. The van der Waals surface area contributed by atoms with Crippen molar-refractivity contribution in [3.05, 3.63) is 88.0 Å². The number of aliphatic hydroxyl groups is 2. The Morgan fingerprint density at radius 2 is 1.81 bits per heavy atom. The average molecular weight is 590 g/mol. The van der Waals surface area contributed by atoms with E-state index in [2.05, 4.69) is 10.3 Å². The molecule has 0 bridgehead atoms. The zero-order valence-electron chi connectivity index (χ0n) is 23.7. The van der Waals surface area contributed by atoms with Gasteiger partial charge in [0, 0.05) is 28.3 Å². The van der Waals surface area contributed by atoms with Crippen molar-refractivity contribution in [2.45, 2.75) is 63.8 Å². The molecule has 7 nitrogen and oxygen atoms in total. The molecule has 1 atom stereocenters. The van der Waals surface area contributed by atoms with Crippen LogP contribution in [0.5, 0.6) is 5.75 Å². The van der Waals surface area contributed by atoms with E-state index in [1.165, 1.54) is 12.1 Å². The van der Waals surface area contributed by atoms with Crippen LogP contribution in [0.4, 0.5) is 4.39 Å². The number of aryl methyl sites for hydroxylation is 1. The van der Waals surface area contributed by atoms with Gasteiger partial charge in [-0.25, -0.2) is 9.37 Å². The third-order valence-electron chi connectivity index (χ3n) is 7.91. The smallest absolute Gasteiger partial charge is 0.251 e. The second-order valence-electron chi connectivity index (χ2n) is 12.0. The van der Waals surface area contributed by atoms with Crippen molar-refractivity contribution in [1.82, 2.24) is 15.3 Å². The summed E-state index contributed by atoms with van der Waals surface area (Å²) in [6.07, 6.45) is 5.35. The highest BCUT2D eigenvalue weighted by atomic mass is 35.5. The van der Waals surface area contributed by atoms with E-state index in [1.807, 2.05) is 13.0 Å². The standard InChI is InChI=1S/C33H33ClFN3O4/c1-18-12-20-13-21(14-26(29(20)36-16-18)42-24-10-11-24)31(39)37-17-33(41,22-6-7-22)27-15-25(32(2,3)40)28(34)30(38-27)19-4-8-23(35)9-5-19/h4-5,8-9,12-16,22,24,40-41H,6-7,10-11,17H2,1-3H3,(H,37,39)/t33-/m1/s1. The van der Waals surface area contributed by atoms with E-state index < -0.39 is 17.0 Å². The van der Waals surface area contributed by atoms with Gasteiger partial charge in [0.15, 0.2) is 0 Å². The summed E-state index contributed by atoms with van der Waals surface area (Å²) in [7, 11) is 0. The van der Waals surface area contributed by atoms with Crippen molar-refractivity contribution in [2.24, 2.45) is 5.92 Å². The number of pyridine rings is 2. The number of carbonyl (C=O) groups is 1. The Balaban J connectivity index is 1.35. The number of hydrogen-bond acceptors (Lipinski definition) is 6. The number of benzene rings is 2. The van der Waals surface area contributed by atoms with Gasteiger partial charge in [0.2, 0.25) is 0 Å². The van der Waals surface area contributed by atoms with Gasteiger partial charge in [-0.05, 0) is 106 Å². The lowest BCUT2D eigenvalue weighted by molar-refractivity contribution is 0.00889. The summed E-state index contributed by atoms with van der Waals surface area (Å²) in [5.74, 6) is -0.361. The molecule has 0 radical (unpaired) electrons. The number of nitrogens with zero attached hydrogens (tertiary/aromatic N) is 2. The van der Waals surface area contributed by atoms with Crippen LogP contribution < -0.4 is 10.1 Å². The number of ether oxygens (including phenoxy) is 1. The number of hydrogen-bond donors (Lipinski definition) is 3. The van der Waals surface area contributed by atoms with Crippen molar-refractivity contribution in [3.8, 4) is 17.0 Å². The monoisotopic (exact) mass is 589 g/mol. The number of halogens is 2. The van der Waals surface area contributed by atoms with Gasteiger partial charge < -0.3 is 20.3 Å². The Labute approximate surface area is 248 Å². The minimum absolute atomic E-state index is 0.109. The van der Waals surface area contributed by atoms with E-state index in [4.69, 9.17) is 21.3 Å². The van der Waals surface area contributed by atoms with E-state index >= 15 is 0 Å². The first kappa shape index (κ1) is 28.5. The maximum atomic E-state index is 13.7. The fourth-order valence-corrected chi connectivity index (χ4v) is 5.67. The molecule has 2 aliphatic rings. The van der Waals surface area contributed by atoms with E-state index in [1.54, 1.807) is 50.4 Å². The van der Waals surface area contributed by atoms with Crippen LogP contribution in [0.1, 0.15) is 66.7 Å². The molecule has 2 aromatic carbocycles. The third kappa shape index (κ3) is 5.71. The lowest BCUT2D eigenvalue weighted by Crippen LogP contribution is -2.43. The number of amides is 1. The van der Waals surface area contributed by atoms with E-state index in [9.17, 15) is 19.4 Å². The van der Waals surface area contributed by atoms with Crippen LogP contribution in [0.2, 0.25) is 5.02 Å². The first-order valence-corrected chi connectivity index (χ1v) is 14.6. The second-order valence-corrected chi connectivity index (χ2v) is 12.4. The Hall–Kier alpha value is -3.59. The molecule has 2 heterocycles. The quantitative estimate of drug-likeness (QED) is 0.215. The summed E-state index contributed by atoms with van der Waals surface area (Å²) >= 11 is 6.72. The SMILES string of the molecule is Cc1cnc2c(OC3CC3)cc(C(=O)NC[C@](O)(c3cc(C(C)(C)O)c(Cl)c(-c4ccc(F)cc4)n3)C3CC3)cc2c1. The summed E-state index contributed by atoms with van der Waals surface area (Å²) in [5.41, 5.74) is 0.696. The van der Waals surface area contributed by atoms with Crippen LogP contribution in [0.25, 0.3) is 22.2 Å². The molecular formula is C33H33ClFN3O4. The summed E-state index contributed by atoms with van der Waals surface area (Å²) in [6, 6.07) is 12.8. The second kappa shape index (κ2) is 10.6. The zero-order chi connectivity index (χ0) is 29.8. The lowest BCUT2D eigenvalue weighted by atomic mass is 9.88. The molecule has 3 N–H and O–H groups in total. The Bertz CT molecular complexity index is 1680. The average Bonchev–Trinajstić information content (AvgIpc) is 3.86. The molecule has 2 saturated carbocycles. The van der Waals surface area contributed by atoms with Gasteiger partial charge in [0.1, 0.15) is 22.7 Å². The van der Waals surface area contributed by atoms with Crippen LogP contribution in [-0.4, -0.2) is 38.7 Å². The number of carbonyl (C=O) groups excluding carboxylic acids is 1. The predicted molar refractivity (Wildman–Crippen MR) is 159 cm³/mol. The summed E-state index contributed by atoms with van der Waals surface area (Å²) in [5, 5.41) is 27.0. The van der Waals surface area contributed by atoms with E-state index in [0.717, 1.165) is 36.6 Å². The van der Waals surface area contributed by atoms with Crippen LogP contribution >= 0.6 is 11.6 Å². The van der Waals surface area contributed by atoms with Crippen LogP contribution in [0.3, 0.4) is 0 Å². The highest BCUT2D eigenvalue weighted by molar-refractivity contribution is 6.34. The first-order valence-electron chi connectivity index (χ1n) is 14.2. The largest absolute Gasteiger partial charge is 0.488 e. The zero-order valence-corrected chi connectivity index (χ0v) is 24.5. The minimum Gasteiger partial charge on any atom is -0.488 e. The van der Waals surface area contributed by atoms with Crippen molar-refractivity contribution >= 4 is 28.4 Å². The highest BCUT2D eigenvalue weighted by Gasteiger charge is 2.47. The predicted octanol–water partition coefficient (Wildman–Crippen LogP) is 6.19. The molecule has 42 heavy (non-hydrogen) atoms. The minimum atomic E-state index is -1.53. The maximum absolute atomic E-state index is 13.7. The molecule has 0 spiro atoms. The molecule has 2 aromatic heterocycles. The van der Waals surface area contributed by atoms with Gasteiger partial charge in [-0.1, -0.05) is 11.6 Å². The molecule has 0 unspecified atom stereocenters. The third-order valence-corrected chi connectivity index (χ3v) is 8.30. The van der Waals surface area contributed by atoms with Crippen LogP contribution in [0.15, 0.2) is 54.7 Å². The molecule has 6 rings (SSSR count). The topological polar surface area (TPSA) is 105 Å². The fraction of sp³-hybridized carbons (Fsp3) is 0.364. The maximum Gasteiger partial charge on any atom is 0.251 e. The Morgan fingerprint density at radius 1 is 1.10 bits per heavy atom. The Kier molecular flexibility index (Phi) is 7.20. The van der Waals surface area contributed by atoms with E-state index in [0.29, 0.717) is 33.7 Å². The van der Waals surface area contributed by atoms with Gasteiger partial charge in [0.25, 0.3) is 5.91 Å². The normalized spacial score (nSPS) is 16.7. The molecule has 0 aliphatic heterocycles. The molecule has 2 aliphatic carbocycles. The highest BCUT2D eigenvalue weighted by Crippen LogP contribution is 2.47. The lowest BCUT2D eigenvalue weighted by Gasteiger charge is -2.31. The van der Waals surface area contributed by atoms with Crippen molar-refractivity contribution < 1.29 is 24.1 Å². The molecule has 1 amide bonds. The number of nitrogens with one attached hydrogen (secondary N) is 1. The molecule has 9 heteroatoms. The van der Waals surface area contributed by atoms with Gasteiger partial charge in [-0.2, -0.15) is 0 Å². The van der Waals surface area contributed by atoms with Crippen molar-refractivity contribution in [3.63, 3.8) is 0 Å². The molecular weight excluding hydrogens is 557 g/mol. The molecule has 0 saturated heterocycles. The number of aromatic nitrogens is 2. The number of rotatable bonds is 9. The summed E-state index contributed by atoms with van der Waals surface area (Å²) < 4.78 is 19.8. The molecule has 218 valence electrons. The van der Waals surface area contributed by atoms with Gasteiger partial charge in [0.05, 0.1) is 34.7 Å². The van der Waals surface area contributed by atoms with Gasteiger partial charge in [-0.3, -0.25) is 9.78 Å². The van der Waals surface area contributed by atoms with Crippen molar-refractivity contribution in [1.29, 1.82) is 0 Å². The van der Waals surface area contributed by atoms with Gasteiger partial charge in [-0.15, -0.1) is 0 Å². The van der Waals surface area contributed by atoms with Gasteiger partial charge >= 0.3 is 0 Å².